The van der Waals surface area contributed by atoms with E-state index in [1.54, 1.807) is 0 Å². The molecule has 0 aromatic rings. The maximum atomic E-state index is 5.61. The van der Waals surface area contributed by atoms with Gasteiger partial charge in [-0.05, 0) is 19.5 Å². The lowest BCUT2D eigenvalue weighted by Crippen LogP contribution is -2.49. The number of piperidine rings is 1. The Kier molecular flexibility index (Phi) is 3.19. The molecule has 2 heterocycles. The van der Waals surface area contributed by atoms with Gasteiger partial charge in [0.2, 0.25) is 0 Å². The molecule has 0 spiro atoms. The molecule has 13 heavy (non-hydrogen) atoms. The summed E-state index contributed by atoms with van der Waals surface area (Å²) in [7, 11) is 0. The van der Waals surface area contributed by atoms with Gasteiger partial charge in [0.25, 0.3) is 0 Å². The summed E-state index contributed by atoms with van der Waals surface area (Å²) < 4.78 is 5.61. The Morgan fingerprint density at radius 3 is 3.31 bits per heavy atom. The summed E-state index contributed by atoms with van der Waals surface area (Å²) in [5.41, 5.74) is 0. The summed E-state index contributed by atoms with van der Waals surface area (Å²) in [6, 6.07) is 0.772. The average Bonchev–Trinajstić information content (AvgIpc) is 2.39. The SMILES string of the molecule is CCN1CCOC[C@@H]2CNCC[C@@H]21. The van der Waals surface area contributed by atoms with E-state index in [9.17, 15) is 0 Å². The van der Waals surface area contributed by atoms with Gasteiger partial charge in [-0.15, -0.1) is 0 Å². The first-order valence-corrected chi connectivity index (χ1v) is 5.44. The van der Waals surface area contributed by atoms with Crippen LogP contribution < -0.4 is 5.32 Å². The van der Waals surface area contributed by atoms with Crippen LogP contribution >= 0.6 is 0 Å². The number of nitrogens with zero attached hydrogens (tertiary/aromatic N) is 1. The predicted octanol–water partition coefficient (Wildman–Crippen LogP) is 0.317. The molecular weight excluding hydrogens is 164 g/mol. The minimum atomic E-state index is 0.719. The number of hydrogen-bond donors (Lipinski definition) is 1. The molecule has 0 aliphatic carbocycles. The summed E-state index contributed by atoms with van der Waals surface area (Å²) >= 11 is 0. The van der Waals surface area contributed by atoms with Crippen LogP contribution in [0.2, 0.25) is 0 Å². The minimum Gasteiger partial charge on any atom is -0.380 e. The molecule has 2 saturated heterocycles. The van der Waals surface area contributed by atoms with E-state index in [1.807, 2.05) is 0 Å². The predicted molar refractivity (Wildman–Crippen MR) is 52.8 cm³/mol. The molecule has 0 bridgehead atoms. The largest absolute Gasteiger partial charge is 0.380 e. The lowest BCUT2D eigenvalue weighted by atomic mass is 9.93. The molecule has 1 N–H and O–H groups in total. The Bertz CT molecular complexity index is 155. The van der Waals surface area contributed by atoms with Gasteiger partial charge in [-0.2, -0.15) is 0 Å². The smallest absolute Gasteiger partial charge is 0.0593 e. The quantitative estimate of drug-likeness (QED) is 0.635. The van der Waals surface area contributed by atoms with Gasteiger partial charge in [-0.3, -0.25) is 4.90 Å². The Morgan fingerprint density at radius 2 is 2.46 bits per heavy atom. The van der Waals surface area contributed by atoms with Gasteiger partial charge in [-0.1, -0.05) is 6.92 Å². The summed E-state index contributed by atoms with van der Waals surface area (Å²) in [5, 5.41) is 3.45. The number of hydrogen-bond acceptors (Lipinski definition) is 3. The van der Waals surface area contributed by atoms with Crippen molar-refractivity contribution in [1.82, 2.24) is 10.2 Å². The third-order valence-corrected chi connectivity index (χ3v) is 3.30. The van der Waals surface area contributed by atoms with Crippen molar-refractivity contribution in [2.45, 2.75) is 19.4 Å². The highest BCUT2D eigenvalue weighted by Gasteiger charge is 2.31. The Labute approximate surface area is 80.4 Å². The maximum absolute atomic E-state index is 5.61. The van der Waals surface area contributed by atoms with Crippen molar-refractivity contribution in [1.29, 1.82) is 0 Å². The van der Waals surface area contributed by atoms with Crippen molar-refractivity contribution in [3.05, 3.63) is 0 Å². The summed E-state index contributed by atoms with van der Waals surface area (Å²) in [4.78, 5) is 2.58. The van der Waals surface area contributed by atoms with Crippen molar-refractivity contribution < 1.29 is 4.74 Å². The van der Waals surface area contributed by atoms with E-state index in [1.165, 1.54) is 19.5 Å². The highest BCUT2D eigenvalue weighted by Crippen LogP contribution is 2.20. The second kappa shape index (κ2) is 4.40. The Balaban J connectivity index is 2.02. The normalized spacial score (nSPS) is 36.7. The average molecular weight is 184 g/mol. The molecule has 2 fully saturated rings. The molecule has 2 aliphatic rings. The fourth-order valence-corrected chi connectivity index (χ4v) is 2.53. The maximum Gasteiger partial charge on any atom is 0.0593 e. The lowest BCUT2D eigenvalue weighted by Gasteiger charge is -2.37. The van der Waals surface area contributed by atoms with Crippen molar-refractivity contribution >= 4 is 0 Å². The fraction of sp³-hybridized carbons (Fsp3) is 1.00. The third kappa shape index (κ3) is 2.03. The fourth-order valence-electron chi connectivity index (χ4n) is 2.53. The van der Waals surface area contributed by atoms with E-state index < -0.39 is 0 Å². The lowest BCUT2D eigenvalue weighted by molar-refractivity contribution is 0.103. The zero-order valence-corrected chi connectivity index (χ0v) is 8.46. The van der Waals surface area contributed by atoms with Crippen molar-refractivity contribution in [3.8, 4) is 0 Å². The highest BCUT2D eigenvalue weighted by molar-refractivity contribution is 4.86. The van der Waals surface area contributed by atoms with E-state index in [0.29, 0.717) is 0 Å². The molecule has 0 amide bonds. The number of likely N-dealkylation sites (N-methyl/N-ethyl adjacent to an activating group) is 1. The first-order chi connectivity index (χ1) is 6.42. The van der Waals surface area contributed by atoms with Crippen molar-refractivity contribution in [2.24, 2.45) is 5.92 Å². The van der Waals surface area contributed by atoms with Crippen LogP contribution in [0.15, 0.2) is 0 Å². The molecular formula is C10H20N2O. The topological polar surface area (TPSA) is 24.5 Å². The van der Waals surface area contributed by atoms with Crippen LogP contribution in [0.1, 0.15) is 13.3 Å². The first-order valence-electron chi connectivity index (χ1n) is 5.44. The van der Waals surface area contributed by atoms with Crippen molar-refractivity contribution in [3.63, 3.8) is 0 Å². The van der Waals surface area contributed by atoms with Gasteiger partial charge >= 0.3 is 0 Å². The molecule has 2 aliphatic heterocycles. The monoisotopic (exact) mass is 184 g/mol. The molecule has 3 nitrogen and oxygen atoms in total. The molecule has 3 heteroatoms. The number of ether oxygens (including phenoxy) is 1. The van der Waals surface area contributed by atoms with Crippen LogP contribution in [0.4, 0.5) is 0 Å². The molecule has 2 atom stereocenters. The second-order valence-corrected chi connectivity index (χ2v) is 4.02. The van der Waals surface area contributed by atoms with E-state index in [2.05, 4.69) is 17.1 Å². The minimum absolute atomic E-state index is 0.719. The van der Waals surface area contributed by atoms with E-state index in [0.717, 1.165) is 38.3 Å². The summed E-state index contributed by atoms with van der Waals surface area (Å²) in [6.07, 6.45) is 1.29. The number of nitrogens with one attached hydrogen (secondary N) is 1. The molecule has 0 radical (unpaired) electrons. The Morgan fingerprint density at radius 1 is 1.54 bits per heavy atom. The third-order valence-electron chi connectivity index (χ3n) is 3.30. The zero-order valence-electron chi connectivity index (χ0n) is 8.46. The van der Waals surface area contributed by atoms with Gasteiger partial charge in [0, 0.05) is 25.0 Å². The highest BCUT2D eigenvalue weighted by atomic mass is 16.5. The summed E-state index contributed by atoms with van der Waals surface area (Å²) in [5.74, 6) is 0.719. The van der Waals surface area contributed by atoms with Crippen LogP contribution in [0.3, 0.4) is 0 Å². The van der Waals surface area contributed by atoms with Gasteiger partial charge < -0.3 is 10.1 Å². The standard InChI is InChI=1S/C10H20N2O/c1-2-12-5-6-13-8-9-7-11-4-3-10(9)12/h9-11H,2-8H2,1H3/t9-,10-/m0/s1. The van der Waals surface area contributed by atoms with E-state index in [4.69, 9.17) is 4.74 Å². The molecule has 0 unspecified atom stereocenters. The first kappa shape index (κ1) is 9.44. The van der Waals surface area contributed by atoms with Gasteiger partial charge in [0.15, 0.2) is 0 Å². The number of rotatable bonds is 1. The molecule has 0 aromatic heterocycles. The van der Waals surface area contributed by atoms with E-state index in [-0.39, 0.29) is 0 Å². The van der Waals surface area contributed by atoms with Crippen LogP contribution in [0.25, 0.3) is 0 Å². The van der Waals surface area contributed by atoms with Gasteiger partial charge in [0.05, 0.1) is 13.2 Å². The van der Waals surface area contributed by atoms with Gasteiger partial charge in [-0.25, -0.2) is 0 Å². The van der Waals surface area contributed by atoms with E-state index >= 15 is 0 Å². The van der Waals surface area contributed by atoms with Crippen LogP contribution in [-0.4, -0.2) is 50.3 Å². The second-order valence-electron chi connectivity index (χ2n) is 4.02. The molecule has 2 rings (SSSR count). The number of fused-ring (bicyclic) bond motifs is 1. The summed E-state index contributed by atoms with van der Waals surface area (Å²) in [6.45, 7) is 8.74. The molecule has 0 saturated carbocycles. The molecule has 0 aromatic carbocycles. The molecule has 76 valence electrons. The van der Waals surface area contributed by atoms with Crippen LogP contribution in [0, 0.1) is 5.92 Å². The zero-order chi connectivity index (χ0) is 9.10. The Hall–Kier alpha value is -0.120. The van der Waals surface area contributed by atoms with Crippen LogP contribution in [0.5, 0.6) is 0 Å². The van der Waals surface area contributed by atoms with Crippen molar-refractivity contribution in [2.75, 3.05) is 39.4 Å². The van der Waals surface area contributed by atoms with Gasteiger partial charge in [0.1, 0.15) is 0 Å². The van der Waals surface area contributed by atoms with Crippen LogP contribution in [-0.2, 0) is 4.74 Å².